The van der Waals surface area contributed by atoms with Gasteiger partial charge in [-0.05, 0) is 25.1 Å². The van der Waals surface area contributed by atoms with Gasteiger partial charge in [0.2, 0.25) is 0 Å². The minimum Gasteiger partial charge on any atom is -0.496 e. The van der Waals surface area contributed by atoms with Crippen LogP contribution in [-0.4, -0.2) is 50.1 Å². The van der Waals surface area contributed by atoms with Crippen LogP contribution in [0.4, 0.5) is 4.39 Å². The molecule has 0 N–H and O–H groups in total. The molecule has 0 radical (unpaired) electrons. The van der Waals surface area contributed by atoms with Crippen molar-refractivity contribution >= 4 is 5.78 Å². The van der Waals surface area contributed by atoms with Crippen molar-refractivity contribution in [2.45, 2.75) is 13.0 Å². The van der Waals surface area contributed by atoms with Gasteiger partial charge in [-0.15, -0.1) is 0 Å². The SMILES string of the molecule is COc1ccc(F)cc1C(=O)CN1CCOC(C)C1. The van der Waals surface area contributed by atoms with E-state index in [-0.39, 0.29) is 18.4 Å². The van der Waals surface area contributed by atoms with Crippen molar-refractivity contribution in [2.24, 2.45) is 0 Å². The second kappa shape index (κ2) is 6.12. The highest BCUT2D eigenvalue weighted by Gasteiger charge is 2.21. The van der Waals surface area contributed by atoms with Crippen LogP contribution >= 0.6 is 0 Å². The van der Waals surface area contributed by atoms with E-state index >= 15 is 0 Å². The van der Waals surface area contributed by atoms with Gasteiger partial charge in [0.1, 0.15) is 11.6 Å². The van der Waals surface area contributed by atoms with E-state index in [1.165, 1.54) is 25.3 Å². The third-order valence-electron chi connectivity index (χ3n) is 3.15. The number of halogens is 1. The summed E-state index contributed by atoms with van der Waals surface area (Å²) in [5, 5.41) is 0. The number of hydrogen-bond acceptors (Lipinski definition) is 4. The first kappa shape index (κ1) is 14.0. The molecule has 1 fully saturated rings. The molecule has 0 aromatic heterocycles. The van der Waals surface area contributed by atoms with Crippen molar-refractivity contribution in [3.05, 3.63) is 29.6 Å². The van der Waals surface area contributed by atoms with Gasteiger partial charge in [0.05, 0.1) is 31.9 Å². The number of nitrogens with zero attached hydrogens (tertiary/aromatic N) is 1. The number of rotatable bonds is 4. The third kappa shape index (κ3) is 3.52. The van der Waals surface area contributed by atoms with Crippen molar-refractivity contribution in [2.75, 3.05) is 33.4 Å². The number of ketones is 1. The van der Waals surface area contributed by atoms with E-state index in [1.54, 1.807) is 0 Å². The van der Waals surface area contributed by atoms with Crippen LogP contribution in [0, 0.1) is 5.82 Å². The lowest BCUT2D eigenvalue weighted by molar-refractivity contribution is -0.0158. The normalized spacial score (nSPS) is 20.3. The van der Waals surface area contributed by atoms with E-state index in [4.69, 9.17) is 9.47 Å². The van der Waals surface area contributed by atoms with Crippen LogP contribution in [0.3, 0.4) is 0 Å². The maximum Gasteiger partial charge on any atom is 0.180 e. The predicted molar refractivity (Wildman–Crippen MR) is 69.1 cm³/mol. The minimum atomic E-state index is -0.431. The topological polar surface area (TPSA) is 38.8 Å². The molecular weight excluding hydrogens is 249 g/mol. The van der Waals surface area contributed by atoms with E-state index in [0.717, 1.165) is 0 Å². The number of ether oxygens (including phenoxy) is 2. The second-order valence-electron chi connectivity index (χ2n) is 4.68. The highest BCUT2D eigenvalue weighted by atomic mass is 19.1. The van der Waals surface area contributed by atoms with E-state index in [2.05, 4.69) is 0 Å². The Morgan fingerprint density at radius 2 is 2.37 bits per heavy atom. The van der Waals surface area contributed by atoms with Gasteiger partial charge in [0, 0.05) is 13.1 Å². The highest BCUT2D eigenvalue weighted by molar-refractivity contribution is 6.00. The molecule has 0 amide bonds. The number of carbonyl (C=O) groups excluding carboxylic acids is 1. The average Bonchev–Trinajstić information content (AvgIpc) is 2.38. The standard InChI is InChI=1S/C14H18FNO3/c1-10-8-16(5-6-19-10)9-13(17)12-7-11(15)3-4-14(12)18-2/h3-4,7,10H,5-6,8-9H2,1-2H3. The highest BCUT2D eigenvalue weighted by Crippen LogP contribution is 2.20. The second-order valence-corrected chi connectivity index (χ2v) is 4.68. The Kier molecular flexibility index (Phi) is 4.50. The third-order valence-corrected chi connectivity index (χ3v) is 3.15. The molecule has 1 aromatic carbocycles. The molecular formula is C14H18FNO3. The van der Waals surface area contributed by atoms with Crippen molar-refractivity contribution in [3.8, 4) is 5.75 Å². The van der Waals surface area contributed by atoms with Crippen molar-refractivity contribution in [3.63, 3.8) is 0 Å². The lowest BCUT2D eigenvalue weighted by atomic mass is 10.1. The van der Waals surface area contributed by atoms with Crippen molar-refractivity contribution in [1.82, 2.24) is 4.90 Å². The largest absolute Gasteiger partial charge is 0.496 e. The Morgan fingerprint density at radius 3 is 3.05 bits per heavy atom. The number of carbonyl (C=O) groups is 1. The molecule has 4 nitrogen and oxygen atoms in total. The van der Waals surface area contributed by atoms with Gasteiger partial charge >= 0.3 is 0 Å². The molecule has 1 saturated heterocycles. The van der Waals surface area contributed by atoms with Gasteiger partial charge in [-0.2, -0.15) is 0 Å². The first-order valence-corrected chi connectivity index (χ1v) is 6.31. The summed E-state index contributed by atoms with van der Waals surface area (Å²) in [6, 6.07) is 3.99. The summed E-state index contributed by atoms with van der Waals surface area (Å²) in [6.07, 6.45) is 0.121. The summed E-state index contributed by atoms with van der Waals surface area (Å²) < 4.78 is 23.8. The summed E-state index contributed by atoms with van der Waals surface area (Å²) in [5.41, 5.74) is 0.293. The minimum absolute atomic E-state index is 0.121. The van der Waals surface area contributed by atoms with Crippen molar-refractivity contribution in [1.29, 1.82) is 0 Å². The van der Waals surface area contributed by atoms with E-state index in [1.807, 2.05) is 11.8 Å². The maximum absolute atomic E-state index is 13.2. The van der Waals surface area contributed by atoms with Crippen LogP contribution in [0.15, 0.2) is 18.2 Å². The number of hydrogen-bond donors (Lipinski definition) is 0. The zero-order valence-electron chi connectivity index (χ0n) is 11.2. The van der Waals surface area contributed by atoms with E-state index in [9.17, 15) is 9.18 Å². The van der Waals surface area contributed by atoms with Crippen LogP contribution in [0.25, 0.3) is 0 Å². The predicted octanol–water partition coefficient (Wildman–Crippen LogP) is 1.74. The molecule has 0 aliphatic carbocycles. The Morgan fingerprint density at radius 1 is 1.58 bits per heavy atom. The monoisotopic (exact) mass is 267 g/mol. The van der Waals surface area contributed by atoms with Gasteiger partial charge in [-0.25, -0.2) is 4.39 Å². The molecule has 104 valence electrons. The van der Waals surface area contributed by atoms with Crippen LogP contribution in [-0.2, 0) is 4.74 Å². The molecule has 1 aliphatic heterocycles. The molecule has 1 unspecified atom stereocenters. The molecule has 1 aromatic rings. The zero-order chi connectivity index (χ0) is 13.8. The number of Topliss-reactive ketones (excluding diaryl/α,β-unsaturated/α-hetero) is 1. The molecule has 0 spiro atoms. The Bertz CT molecular complexity index is 464. The molecule has 1 aliphatic rings. The summed E-state index contributed by atoms with van der Waals surface area (Å²) in [5.74, 6) is -0.155. The summed E-state index contributed by atoms with van der Waals surface area (Å²) in [7, 11) is 1.47. The fraction of sp³-hybridized carbons (Fsp3) is 0.500. The Labute approximate surface area is 112 Å². The molecule has 5 heteroatoms. The quantitative estimate of drug-likeness (QED) is 0.779. The Balaban J connectivity index is 2.09. The smallest absolute Gasteiger partial charge is 0.180 e. The van der Waals surface area contributed by atoms with Gasteiger partial charge in [0.25, 0.3) is 0 Å². The van der Waals surface area contributed by atoms with Crippen LogP contribution < -0.4 is 4.74 Å². The summed E-state index contributed by atoms with van der Waals surface area (Å²) in [6.45, 7) is 4.28. The number of benzene rings is 1. The zero-order valence-corrected chi connectivity index (χ0v) is 11.2. The summed E-state index contributed by atoms with van der Waals surface area (Å²) >= 11 is 0. The molecule has 19 heavy (non-hydrogen) atoms. The van der Waals surface area contributed by atoms with Gasteiger partial charge in [0.15, 0.2) is 5.78 Å². The van der Waals surface area contributed by atoms with Crippen LogP contribution in [0.1, 0.15) is 17.3 Å². The number of methoxy groups -OCH3 is 1. The van der Waals surface area contributed by atoms with E-state index in [0.29, 0.717) is 31.0 Å². The lowest BCUT2D eigenvalue weighted by Crippen LogP contribution is -2.43. The molecule has 0 bridgehead atoms. The summed E-state index contributed by atoms with van der Waals surface area (Å²) in [4.78, 5) is 14.2. The fourth-order valence-corrected chi connectivity index (χ4v) is 2.22. The van der Waals surface area contributed by atoms with Crippen molar-refractivity contribution < 1.29 is 18.7 Å². The number of morpholine rings is 1. The molecule has 1 heterocycles. The molecule has 0 saturated carbocycles. The molecule has 2 rings (SSSR count). The van der Waals surface area contributed by atoms with E-state index < -0.39 is 5.82 Å². The first-order valence-electron chi connectivity index (χ1n) is 6.31. The van der Waals surface area contributed by atoms with Gasteiger partial charge in [-0.3, -0.25) is 9.69 Å². The maximum atomic E-state index is 13.2. The molecule has 1 atom stereocenters. The first-order chi connectivity index (χ1) is 9.10. The van der Waals surface area contributed by atoms with Crippen LogP contribution in [0.2, 0.25) is 0 Å². The average molecular weight is 267 g/mol. The lowest BCUT2D eigenvalue weighted by Gasteiger charge is -2.30. The van der Waals surface area contributed by atoms with Gasteiger partial charge in [-0.1, -0.05) is 0 Å². The van der Waals surface area contributed by atoms with Crippen LogP contribution in [0.5, 0.6) is 5.75 Å². The fourth-order valence-electron chi connectivity index (χ4n) is 2.22. The van der Waals surface area contributed by atoms with Gasteiger partial charge < -0.3 is 9.47 Å². The Hall–Kier alpha value is -1.46.